The first-order valence-corrected chi connectivity index (χ1v) is 6.31. The van der Waals surface area contributed by atoms with Crippen LogP contribution in [-0.2, 0) is 9.53 Å². The van der Waals surface area contributed by atoms with Crippen molar-refractivity contribution in [2.24, 2.45) is 0 Å². The fourth-order valence-corrected chi connectivity index (χ4v) is 2.08. The highest BCUT2D eigenvalue weighted by atomic mass is 16.5. The number of nitrogens with one attached hydrogen (secondary N) is 1. The molecule has 0 aromatic heterocycles. The van der Waals surface area contributed by atoms with Gasteiger partial charge in [-0.15, -0.1) is 0 Å². The van der Waals surface area contributed by atoms with Crippen molar-refractivity contribution < 1.29 is 14.6 Å². The van der Waals surface area contributed by atoms with Crippen molar-refractivity contribution in [3.05, 3.63) is 0 Å². The van der Waals surface area contributed by atoms with Gasteiger partial charge in [0.25, 0.3) is 0 Å². The van der Waals surface area contributed by atoms with Gasteiger partial charge in [-0.2, -0.15) is 0 Å². The second kappa shape index (κ2) is 7.63. The third-order valence-electron chi connectivity index (χ3n) is 2.99. The first-order valence-electron chi connectivity index (χ1n) is 6.31. The highest BCUT2D eigenvalue weighted by molar-refractivity contribution is 5.73. The van der Waals surface area contributed by atoms with Gasteiger partial charge in [-0.05, 0) is 38.6 Å². The Hall–Kier alpha value is -0.610. The maximum atomic E-state index is 10.9. The third kappa shape index (κ3) is 4.94. The lowest BCUT2D eigenvalue weighted by Crippen LogP contribution is -2.37. The number of carboxylic acid groups (broad SMARTS) is 1. The summed E-state index contributed by atoms with van der Waals surface area (Å²) in [5.74, 6) is -0.737. The lowest BCUT2D eigenvalue weighted by Gasteiger charge is -2.14. The van der Waals surface area contributed by atoms with Crippen LogP contribution in [0.15, 0.2) is 0 Å². The molecule has 1 heterocycles. The van der Waals surface area contributed by atoms with E-state index in [0.29, 0.717) is 12.5 Å². The normalized spacial score (nSPS) is 22.2. The molecule has 1 fully saturated rings. The quantitative estimate of drug-likeness (QED) is 0.623. The average molecular weight is 229 g/mol. The molecule has 94 valence electrons. The first-order chi connectivity index (χ1) is 7.74. The van der Waals surface area contributed by atoms with E-state index < -0.39 is 5.97 Å². The topological polar surface area (TPSA) is 58.6 Å². The van der Waals surface area contributed by atoms with Crippen LogP contribution in [-0.4, -0.2) is 36.4 Å². The summed E-state index contributed by atoms with van der Waals surface area (Å²) in [5.41, 5.74) is 0. The van der Waals surface area contributed by atoms with Crippen molar-refractivity contribution in [1.29, 1.82) is 0 Å². The van der Waals surface area contributed by atoms with Gasteiger partial charge >= 0.3 is 5.97 Å². The van der Waals surface area contributed by atoms with Crippen molar-refractivity contribution >= 4 is 5.97 Å². The van der Waals surface area contributed by atoms with Crippen LogP contribution in [0.4, 0.5) is 0 Å². The standard InChI is InChI=1S/C12H23NO3/c1-2-5-11(12(14)15)13-8-3-6-10-7-4-9-16-10/h10-11,13H,2-9H2,1H3,(H,14,15). The molecule has 0 amide bonds. The Balaban J connectivity index is 2.05. The van der Waals surface area contributed by atoms with Gasteiger partial charge in [-0.25, -0.2) is 0 Å². The molecule has 0 spiro atoms. The number of hydrogen-bond acceptors (Lipinski definition) is 3. The fourth-order valence-electron chi connectivity index (χ4n) is 2.08. The van der Waals surface area contributed by atoms with Crippen molar-refractivity contribution in [3.8, 4) is 0 Å². The molecule has 0 aromatic carbocycles. The minimum absolute atomic E-state index is 0.380. The van der Waals surface area contributed by atoms with Gasteiger partial charge in [0.05, 0.1) is 6.10 Å². The predicted octanol–water partition coefficient (Wildman–Crippen LogP) is 1.79. The lowest BCUT2D eigenvalue weighted by molar-refractivity contribution is -0.139. The van der Waals surface area contributed by atoms with Crippen molar-refractivity contribution in [2.75, 3.05) is 13.2 Å². The Kier molecular flexibility index (Phi) is 6.42. The summed E-state index contributed by atoms with van der Waals surface area (Å²) in [7, 11) is 0. The molecule has 1 rings (SSSR count). The van der Waals surface area contributed by atoms with Crippen LogP contribution in [0.3, 0.4) is 0 Å². The molecular weight excluding hydrogens is 206 g/mol. The molecule has 4 heteroatoms. The fraction of sp³-hybridized carbons (Fsp3) is 0.917. The second-order valence-corrected chi connectivity index (χ2v) is 4.41. The zero-order chi connectivity index (χ0) is 11.8. The van der Waals surface area contributed by atoms with Crippen LogP contribution in [0, 0.1) is 0 Å². The van der Waals surface area contributed by atoms with Crippen LogP contribution >= 0.6 is 0 Å². The second-order valence-electron chi connectivity index (χ2n) is 4.41. The highest BCUT2D eigenvalue weighted by Crippen LogP contribution is 2.16. The Morgan fingerprint density at radius 1 is 1.62 bits per heavy atom. The predicted molar refractivity (Wildman–Crippen MR) is 62.5 cm³/mol. The Morgan fingerprint density at radius 2 is 2.44 bits per heavy atom. The minimum atomic E-state index is -0.737. The largest absolute Gasteiger partial charge is 0.480 e. The van der Waals surface area contributed by atoms with Crippen LogP contribution in [0.1, 0.15) is 45.4 Å². The van der Waals surface area contributed by atoms with E-state index >= 15 is 0 Å². The Labute approximate surface area is 97.4 Å². The molecule has 0 aliphatic carbocycles. The van der Waals surface area contributed by atoms with E-state index in [1.807, 2.05) is 6.92 Å². The number of hydrogen-bond donors (Lipinski definition) is 2. The van der Waals surface area contributed by atoms with E-state index in [9.17, 15) is 4.79 Å². The number of rotatable bonds is 8. The number of aliphatic carboxylic acids is 1. The van der Waals surface area contributed by atoms with Crippen molar-refractivity contribution in [2.45, 2.75) is 57.6 Å². The van der Waals surface area contributed by atoms with Crippen LogP contribution < -0.4 is 5.32 Å². The van der Waals surface area contributed by atoms with Gasteiger partial charge in [0.2, 0.25) is 0 Å². The van der Waals surface area contributed by atoms with E-state index in [1.54, 1.807) is 0 Å². The molecule has 1 aliphatic rings. The number of carboxylic acids is 1. The zero-order valence-electron chi connectivity index (χ0n) is 10.1. The zero-order valence-corrected chi connectivity index (χ0v) is 10.1. The van der Waals surface area contributed by atoms with E-state index in [1.165, 1.54) is 6.42 Å². The number of ether oxygens (including phenoxy) is 1. The van der Waals surface area contributed by atoms with Crippen LogP contribution in [0.25, 0.3) is 0 Å². The molecule has 1 saturated heterocycles. The molecule has 4 nitrogen and oxygen atoms in total. The molecule has 2 atom stereocenters. The highest BCUT2D eigenvalue weighted by Gasteiger charge is 2.17. The van der Waals surface area contributed by atoms with E-state index in [4.69, 9.17) is 9.84 Å². The molecular formula is C12H23NO3. The van der Waals surface area contributed by atoms with Gasteiger partial charge < -0.3 is 15.2 Å². The summed E-state index contributed by atoms with van der Waals surface area (Å²) in [6.07, 6.45) is 6.40. The Morgan fingerprint density at radius 3 is 3.00 bits per heavy atom. The summed E-state index contributed by atoms with van der Waals surface area (Å²) >= 11 is 0. The molecule has 1 aliphatic heterocycles. The van der Waals surface area contributed by atoms with E-state index in [0.717, 1.165) is 38.8 Å². The monoisotopic (exact) mass is 229 g/mol. The van der Waals surface area contributed by atoms with E-state index in [-0.39, 0.29) is 6.04 Å². The van der Waals surface area contributed by atoms with E-state index in [2.05, 4.69) is 5.32 Å². The summed E-state index contributed by atoms with van der Waals surface area (Å²) in [6, 6.07) is -0.380. The maximum absolute atomic E-state index is 10.9. The summed E-state index contributed by atoms with van der Waals surface area (Å²) in [4.78, 5) is 10.9. The molecule has 0 aromatic rings. The van der Waals surface area contributed by atoms with Crippen LogP contribution in [0.5, 0.6) is 0 Å². The molecule has 2 N–H and O–H groups in total. The van der Waals surface area contributed by atoms with Gasteiger partial charge in [0.15, 0.2) is 0 Å². The third-order valence-corrected chi connectivity index (χ3v) is 2.99. The average Bonchev–Trinajstić information content (AvgIpc) is 2.75. The molecule has 0 radical (unpaired) electrons. The maximum Gasteiger partial charge on any atom is 0.320 e. The first kappa shape index (κ1) is 13.5. The lowest BCUT2D eigenvalue weighted by atomic mass is 10.1. The summed E-state index contributed by atoms with van der Waals surface area (Å²) < 4.78 is 5.51. The minimum Gasteiger partial charge on any atom is -0.480 e. The molecule has 16 heavy (non-hydrogen) atoms. The number of carbonyl (C=O) groups is 1. The van der Waals surface area contributed by atoms with Gasteiger partial charge in [0, 0.05) is 6.61 Å². The molecule has 0 saturated carbocycles. The van der Waals surface area contributed by atoms with Gasteiger partial charge in [0.1, 0.15) is 6.04 Å². The van der Waals surface area contributed by atoms with Gasteiger partial charge in [-0.3, -0.25) is 4.79 Å². The van der Waals surface area contributed by atoms with Gasteiger partial charge in [-0.1, -0.05) is 13.3 Å². The Bertz CT molecular complexity index is 202. The SMILES string of the molecule is CCCC(NCCCC1CCCO1)C(=O)O. The summed E-state index contributed by atoms with van der Waals surface area (Å²) in [5, 5.41) is 12.0. The van der Waals surface area contributed by atoms with Crippen molar-refractivity contribution in [3.63, 3.8) is 0 Å². The van der Waals surface area contributed by atoms with Crippen molar-refractivity contribution in [1.82, 2.24) is 5.32 Å². The van der Waals surface area contributed by atoms with Crippen LogP contribution in [0.2, 0.25) is 0 Å². The summed E-state index contributed by atoms with van der Waals surface area (Å²) in [6.45, 7) is 3.67. The molecule has 2 unspecified atom stereocenters. The molecule has 0 bridgehead atoms. The smallest absolute Gasteiger partial charge is 0.320 e.